The summed E-state index contributed by atoms with van der Waals surface area (Å²) in [5.41, 5.74) is 0. The molecular formula is C14H24N2O5S. The van der Waals surface area contributed by atoms with Gasteiger partial charge in [0.1, 0.15) is 0 Å². The van der Waals surface area contributed by atoms with Gasteiger partial charge in [0.15, 0.2) is 0 Å². The number of amides is 1. The first-order valence-electron chi connectivity index (χ1n) is 7.79. The van der Waals surface area contributed by atoms with E-state index in [4.69, 9.17) is 5.11 Å². The molecule has 2 aliphatic rings. The van der Waals surface area contributed by atoms with Crippen LogP contribution >= 0.6 is 0 Å². The van der Waals surface area contributed by atoms with Gasteiger partial charge in [-0.3, -0.25) is 9.59 Å². The van der Waals surface area contributed by atoms with Crippen molar-refractivity contribution in [3.63, 3.8) is 0 Å². The molecule has 0 bridgehead atoms. The molecule has 126 valence electrons. The van der Waals surface area contributed by atoms with Crippen molar-refractivity contribution in [2.75, 3.05) is 31.9 Å². The van der Waals surface area contributed by atoms with Crippen molar-refractivity contribution < 1.29 is 23.1 Å². The van der Waals surface area contributed by atoms with Crippen LogP contribution in [0.2, 0.25) is 0 Å². The molecule has 2 fully saturated rings. The van der Waals surface area contributed by atoms with Crippen molar-refractivity contribution in [3.8, 4) is 0 Å². The predicted molar refractivity (Wildman–Crippen MR) is 80.7 cm³/mol. The first kappa shape index (κ1) is 17.2. The van der Waals surface area contributed by atoms with Gasteiger partial charge in [0.25, 0.3) is 0 Å². The van der Waals surface area contributed by atoms with Gasteiger partial charge in [0.05, 0.1) is 11.7 Å². The molecule has 2 aliphatic heterocycles. The fourth-order valence-corrected chi connectivity index (χ4v) is 4.73. The Morgan fingerprint density at radius 3 is 2.36 bits per heavy atom. The SMILES string of the molecule is C[C@@H]1CN(C(=O)CCCS(=O)(=O)N2CCCC2)C[C@H]1C(=O)O. The summed E-state index contributed by atoms with van der Waals surface area (Å²) in [6, 6.07) is 0. The molecule has 7 nitrogen and oxygen atoms in total. The summed E-state index contributed by atoms with van der Waals surface area (Å²) >= 11 is 0. The molecule has 2 saturated heterocycles. The molecule has 0 radical (unpaired) electrons. The number of carbonyl (C=O) groups excluding carboxylic acids is 1. The topological polar surface area (TPSA) is 95.0 Å². The number of carbonyl (C=O) groups is 2. The van der Waals surface area contributed by atoms with E-state index in [1.807, 2.05) is 6.92 Å². The van der Waals surface area contributed by atoms with Crippen LogP contribution in [0.5, 0.6) is 0 Å². The Labute approximate surface area is 131 Å². The number of nitrogens with zero attached hydrogens (tertiary/aromatic N) is 2. The number of hydrogen-bond acceptors (Lipinski definition) is 4. The fourth-order valence-electron chi connectivity index (χ4n) is 3.15. The van der Waals surface area contributed by atoms with Crippen LogP contribution in [-0.2, 0) is 19.6 Å². The average molecular weight is 332 g/mol. The number of aliphatic carboxylic acids is 1. The second kappa shape index (κ2) is 6.95. The van der Waals surface area contributed by atoms with E-state index in [2.05, 4.69) is 0 Å². The summed E-state index contributed by atoms with van der Waals surface area (Å²) in [6.07, 6.45) is 2.26. The Kier molecular flexibility index (Phi) is 5.44. The molecule has 2 rings (SSSR count). The van der Waals surface area contributed by atoms with Crippen LogP contribution in [0.25, 0.3) is 0 Å². The van der Waals surface area contributed by atoms with Crippen LogP contribution in [0, 0.1) is 11.8 Å². The molecule has 1 amide bonds. The third-order valence-electron chi connectivity index (χ3n) is 4.53. The highest BCUT2D eigenvalue weighted by Crippen LogP contribution is 2.24. The van der Waals surface area contributed by atoms with Gasteiger partial charge in [-0.05, 0) is 25.2 Å². The maximum Gasteiger partial charge on any atom is 0.308 e. The molecule has 2 atom stereocenters. The zero-order chi connectivity index (χ0) is 16.3. The molecule has 0 aliphatic carbocycles. The molecule has 8 heteroatoms. The van der Waals surface area contributed by atoms with Crippen LogP contribution in [-0.4, -0.2) is 66.5 Å². The first-order valence-corrected chi connectivity index (χ1v) is 9.40. The van der Waals surface area contributed by atoms with Crippen LogP contribution in [0.15, 0.2) is 0 Å². The highest BCUT2D eigenvalue weighted by atomic mass is 32.2. The predicted octanol–water partition coefficient (Wildman–Crippen LogP) is 0.371. The molecule has 0 aromatic carbocycles. The Morgan fingerprint density at radius 1 is 1.18 bits per heavy atom. The summed E-state index contributed by atoms with van der Waals surface area (Å²) in [5.74, 6) is -1.61. The smallest absolute Gasteiger partial charge is 0.308 e. The van der Waals surface area contributed by atoms with Gasteiger partial charge in [0.2, 0.25) is 15.9 Å². The van der Waals surface area contributed by atoms with E-state index in [0.29, 0.717) is 26.1 Å². The summed E-state index contributed by atoms with van der Waals surface area (Å²) in [4.78, 5) is 24.7. The van der Waals surface area contributed by atoms with Crippen molar-refractivity contribution in [2.45, 2.75) is 32.6 Å². The number of hydrogen-bond donors (Lipinski definition) is 1. The third-order valence-corrected chi connectivity index (χ3v) is 6.49. The number of rotatable bonds is 6. The van der Waals surface area contributed by atoms with E-state index >= 15 is 0 Å². The van der Waals surface area contributed by atoms with Crippen molar-refractivity contribution >= 4 is 21.9 Å². The number of carboxylic acid groups (broad SMARTS) is 1. The van der Waals surface area contributed by atoms with Gasteiger partial charge in [-0.1, -0.05) is 6.92 Å². The summed E-state index contributed by atoms with van der Waals surface area (Å²) < 4.78 is 25.6. The largest absolute Gasteiger partial charge is 0.481 e. The molecule has 0 aromatic rings. The summed E-state index contributed by atoms with van der Waals surface area (Å²) in [5, 5.41) is 9.06. The van der Waals surface area contributed by atoms with Crippen molar-refractivity contribution in [3.05, 3.63) is 0 Å². The molecular weight excluding hydrogens is 308 g/mol. The standard InChI is InChI=1S/C14H24N2O5S/c1-11-9-15(10-12(11)14(18)19)13(17)5-4-8-22(20,21)16-6-2-3-7-16/h11-12H,2-10H2,1H3,(H,18,19)/t11-,12-/m1/s1. The monoisotopic (exact) mass is 332 g/mol. The van der Waals surface area contributed by atoms with Gasteiger partial charge < -0.3 is 10.0 Å². The number of carboxylic acids is 1. The van der Waals surface area contributed by atoms with Gasteiger partial charge in [-0.25, -0.2) is 12.7 Å². The molecule has 0 saturated carbocycles. The van der Waals surface area contributed by atoms with E-state index < -0.39 is 21.9 Å². The fraction of sp³-hybridized carbons (Fsp3) is 0.857. The van der Waals surface area contributed by atoms with E-state index in [-0.39, 0.29) is 30.5 Å². The Balaban J connectivity index is 1.77. The lowest BCUT2D eigenvalue weighted by Gasteiger charge is -2.17. The third kappa shape index (κ3) is 3.98. The van der Waals surface area contributed by atoms with Crippen molar-refractivity contribution in [1.29, 1.82) is 0 Å². The minimum atomic E-state index is -3.25. The first-order chi connectivity index (χ1) is 10.3. The van der Waals surface area contributed by atoms with Crippen LogP contribution in [0.1, 0.15) is 32.6 Å². The minimum absolute atomic E-state index is 0.00943. The molecule has 0 aromatic heterocycles. The van der Waals surface area contributed by atoms with Crippen molar-refractivity contribution in [1.82, 2.24) is 9.21 Å². The van der Waals surface area contributed by atoms with Gasteiger partial charge in [-0.2, -0.15) is 0 Å². The van der Waals surface area contributed by atoms with Gasteiger partial charge >= 0.3 is 5.97 Å². The lowest BCUT2D eigenvalue weighted by atomic mass is 9.99. The Morgan fingerprint density at radius 2 is 1.82 bits per heavy atom. The molecule has 22 heavy (non-hydrogen) atoms. The average Bonchev–Trinajstić information content (AvgIpc) is 3.07. The summed E-state index contributed by atoms with van der Waals surface area (Å²) in [7, 11) is -3.25. The van der Waals surface area contributed by atoms with E-state index in [1.165, 1.54) is 4.31 Å². The molecule has 2 heterocycles. The highest BCUT2D eigenvalue weighted by Gasteiger charge is 2.36. The van der Waals surface area contributed by atoms with Crippen LogP contribution < -0.4 is 0 Å². The maximum absolute atomic E-state index is 12.1. The van der Waals surface area contributed by atoms with E-state index in [9.17, 15) is 18.0 Å². The number of sulfonamides is 1. The Bertz CT molecular complexity index is 527. The Hall–Kier alpha value is -1.15. The lowest BCUT2D eigenvalue weighted by Crippen LogP contribution is -2.32. The zero-order valence-electron chi connectivity index (χ0n) is 12.9. The second-order valence-electron chi connectivity index (χ2n) is 6.25. The normalized spacial score (nSPS) is 26.5. The van der Waals surface area contributed by atoms with Gasteiger partial charge in [0, 0.05) is 32.6 Å². The number of likely N-dealkylation sites (tertiary alicyclic amines) is 1. The van der Waals surface area contributed by atoms with Crippen LogP contribution in [0.3, 0.4) is 0 Å². The summed E-state index contributed by atoms with van der Waals surface area (Å²) in [6.45, 7) is 3.66. The maximum atomic E-state index is 12.1. The zero-order valence-corrected chi connectivity index (χ0v) is 13.7. The van der Waals surface area contributed by atoms with Crippen molar-refractivity contribution in [2.24, 2.45) is 11.8 Å². The molecule has 0 spiro atoms. The highest BCUT2D eigenvalue weighted by molar-refractivity contribution is 7.89. The minimum Gasteiger partial charge on any atom is -0.481 e. The molecule has 0 unspecified atom stereocenters. The van der Waals surface area contributed by atoms with Gasteiger partial charge in [-0.15, -0.1) is 0 Å². The molecule has 1 N–H and O–H groups in total. The van der Waals surface area contributed by atoms with E-state index in [0.717, 1.165) is 12.8 Å². The van der Waals surface area contributed by atoms with Crippen LogP contribution in [0.4, 0.5) is 0 Å². The van der Waals surface area contributed by atoms with E-state index in [1.54, 1.807) is 4.90 Å². The lowest BCUT2D eigenvalue weighted by molar-refractivity contribution is -0.142. The second-order valence-corrected chi connectivity index (χ2v) is 8.33. The quantitative estimate of drug-likeness (QED) is 0.758.